The van der Waals surface area contributed by atoms with Gasteiger partial charge in [-0.2, -0.15) is 26.3 Å². The van der Waals surface area contributed by atoms with Crippen molar-refractivity contribution < 1.29 is 75.5 Å². The van der Waals surface area contributed by atoms with Crippen molar-refractivity contribution in [3.8, 4) is 16.9 Å². The minimum absolute atomic E-state index is 0.0218. The van der Waals surface area contributed by atoms with Gasteiger partial charge in [0.25, 0.3) is 0 Å². The van der Waals surface area contributed by atoms with Crippen molar-refractivity contribution in [3.05, 3.63) is 130 Å². The largest absolute Gasteiger partial charge is 0.506 e. The number of aromatic hydroxyl groups is 1. The smallest absolute Gasteiger partial charge is 0.490 e. The highest BCUT2D eigenvalue weighted by Crippen LogP contribution is 2.30. The third-order valence-corrected chi connectivity index (χ3v) is 11.4. The van der Waals surface area contributed by atoms with Gasteiger partial charge in [0.2, 0.25) is 17.4 Å². The molecule has 3 amide bonds. The van der Waals surface area contributed by atoms with Crippen molar-refractivity contribution in [2.24, 2.45) is 0 Å². The number of pyridine rings is 1. The first-order valence-corrected chi connectivity index (χ1v) is 23.2. The lowest BCUT2D eigenvalue weighted by Crippen LogP contribution is -2.40. The Morgan fingerprint density at radius 1 is 0.838 bits per heavy atom. The molecule has 2 heterocycles. The van der Waals surface area contributed by atoms with E-state index in [1.165, 1.54) is 12.1 Å². The second kappa shape index (κ2) is 28.1. The van der Waals surface area contributed by atoms with Crippen molar-refractivity contribution in [1.29, 1.82) is 0 Å². The van der Waals surface area contributed by atoms with Crippen LogP contribution in [0.2, 0.25) is 0 Å². The van der Waals surface area contributed by atoms with E-state index in [-0.39, 0.29) is 48.2 Å². The Bertz CT molecular complexity index is 2690. The number of benzene rings is 4. The average molecular weight is 1050 g/mol. The van der Waals surface area contributed by atoms with Gasteiger partial charge in [-0.15, -0.1) is 0 Å². The molecule has 0 radical (unpaired) electrons. The number of likely N-dealkylation sites (tertiary alicyclic amines) is 1. The number of aliphatic carboxylic acids is 2. The summed E-state index contributed by atoms with van der Waals surface area (Å²) in [5.41, 5.74) is 5.18. The number of aromatic amines is 1. The number of ether oxygens (including phenoxy) is 1. The molecule has 0 bridgehead atoms. The molecule has 74 heavy (non-hydrogen) atoms. The van der Waals surface area contributed by atoms with E-state index in [0.717, 1.165) is 35.3 Å². The van der Waals surface area contributed by atoms with Crippen LogP contribution in [0.4, 0.5) is 36.8 Å². The van der Waals surface area contributed by atoms with Crippen molar-refractivity contribution in [2.75, 3.05) is 51.6 Å². The third kappa shape index (κ3) is 19.8. The standard InChI is InChI=1S/C47H56N6O7.2C2HF3O2/c1-32(49-31-42(55)38-16-18-41(54)46-39(38)17-19-43(56)51-46)28-33-10-8-11-34(29-33)30-44(57)48-23-9-24-52(2)45(58)22-27-53-25-20-36(21-26-53)60-47(59)50-40-15-7-6-14-37(40)35-12-4-3-5-13-35;2*3-2(4,5)1(6)7/h3-8,10-19,29,32,36,42,49,54-55H,9,20-28,30-31H2,1-2H3,(H,48,57)(H,50,59)(H,51,56);2*(H,6,7)/t32?,42-;;/m0../s1. The molecule has 6 rings (SSSR count). The zero-order chi connectivity index (χ0) is 54.6. The summed E-state index contributed by atoms with van der Waals surface area (Å²) in [7, 11) is 1.79. The first-order valence-electron chi connectivity index (χ1n) is 23.2. The Hall–Kier alpha value is -7.50. The number of H-pyrrole nitrogens is 1. The van der Waals surface area contributed by atoms with E-state index in [9.17, 15) is 55.7 Å². The predicted octanol–water partition coefficient (Wildman–Crippen LogP) is 7.03. The van der Waals surface area contributed by atoms with Crippen LogP contribution in [0.1, 0.15) is 55.4 Å². The quantitative estimate of drug-likeness (QED) is 0.0325. The predicted molar refractivity (Wildman–Crippen MR) is 261 cm³/mol. The molecule has 1 aliphatic heterocycles. The van der Waals surface area contributed by atoms with Gasteiger partial charge in [-0.1, -0.05) is 78.9 Å². The summed E-state index contributed by atoms with van der Waals surface area (Å²) < 4.78 is 69.2. The highest BCUT2D eigenvalue weighted by atomic mass is 19.4. The summed E-state index contributed by atoms with van der Waals surface area (Å²) in [5, 5.41) is 45.2. The van der Waals surface area contributed by atoms with Gasteiger partial charge in [0.05, 0.1) is 23.7 Å². The highest BCUT2D eigenvalue weighted by molar-refractivity contribution is 5.91. The molecule has 5 aromatic rings. The van der Waals surface area contributed by atoms with E-state index in [1.54, 1.807) is 24.1 Å². The number of anilines is 1. The molecule has 1 aliphatic rings. The summed E-state index contributed by atoms with van der Waals surface area (Å²) in [6.07, 6.45) is -8.30. The maximum atomic E-state index is 12.9. The number of piperidine rings is 1. The van der Waals surface area contributed by atoms with Crippen LogP contribution in [0.3, 0.4) is 0 Å². The van der Waals surface area contributed by atoms with E-state index in [1.807, 2.05) is 85.8 Å². The number of aliphatic hydroxyl groups is 1. The minimum atomic E-state index is -5.08. The lowest BCUT2D eigenvalue weighted by Gasteiger charge is -2.31. The van der Waals surface area contributed by atoms with Gasteiger partial charge >= 0.3 is 30.4 Å². The number of nitrogens with zero attached hydrogens (tertiary/aromatic N) is 2. The van der Waals surface area contributed by atoms with Gasteiger partial charge in [0.1, 0.15) is 11.9 Å². The van der Waals surface area contributed by atoms with Crippen LogP contribution >= 0.6 is 0 Å². The van der Waals surface area contributed by atoms with Gasteiger partial charge in [0.15, 0.2) is 0 Å². The molecule has 1 unspecified atom stereocenters. The van der Waals surface area contributed by atoms with E-state index in [0.29, 0.717) is 73.9 Å². The summed E-state index contributed by atoms with van der Waals surface area (Å²) >= 11 is 0. The number of carboxylic acid groups (broad SMARTS) is 2. The lowest BCUT2D eigenvalue weighted by atomic mass is 10.0. The molecule has 4 aromatic carbocycles. The Morgan fingerprint density at radius 2 is 1.46 bits per heavy atom. The third-order valence-electron chi connectivity index (χ3n) is 11.4. The van der Waals surface area contributed by atoms with Crippen molar-refractivity contribution in [3.63, 3.8) is 0 Å². The van der Waals surface area contributed by atoms with Crippen molar-refractivity contribution >= 4 is 46.4 Å². The Kier molecular flexibility index (Phi) is 22.4. The molecular weight excluding hydrogens is 987 g/mol. The Balaban J connectivity index is 0.000000743. The van der Waals surface area contributed by atoms with E-state index in [2.05, 4.69) is 25.8 Å². The number of hydrogen-bond acceptors (Lipinski definition) is 11. The first-order chi connectivity index (χ1) is 34.9. The van der Waals surface area contributed by atoms with Crippen LogP contribution in [0, 0.1) is 0 Å². The fraction of sp³-hybridized carbons (Fsp3) is 0.373. The Labute approximate surface area is 421 Å². The molecule has 8 N–H and O–H groups in total. The number of carboxylic acids is 2. The maximum Gasteiger partial charge on any atom is 0.490 e. The lowest BCUT2D eigenvalue weighted by molar-refractivity contribution is -0.193. The van der Waals surface area contributed by atoms with Crippen LogP contribution in [0.25, 0.3) is 22.0 Å². The van der Waals surface area contributed by atoms with Crippen LogP contribution in [-0.4, -0.2) is 136 Å². The zero-order valence-electron chi connectivity index (χ0n) is 40.3. The topological polar surface area (TPSA) is 251 Å². The minimum Gasteiger partial charge on any atom is -0.506 e. The molecule has 1 saturated heterocycles. The molecule has 1 fully saturated rings. The molecule has 0 saturated carbocycles. The fourth-order valence-electron chi connectivity index (χ4n) is 7.63. The number of phenols is 1. The van der Waals surface area contributed by atoms with Crippen LogP contribution in [0.15, 0.2) is 108 Å². The van der Waals surface area contributed by atoms with Gasteiger partial charge in [-0.25, -0.2) is 14.4 Å². The second-order valence-corrected chi connectivity index (χ2v) is 17.2. The zero-order valence-corrected chi connectivity index (χ0v) is 40.3. The number of nitrogens with one attached hydrogen (secondary N) is 4. The number of halogens is 6. The Morgan fingerprint density at radius 3 is 2.11 bits per heavy atom. The molecule has 0 spiro atoms. The summed E-state index contributed by atoms with van der Waals surface area (Å²) in [6.45, 7) is 5.43. The fourth-order valence-corrected chi connectivity index (χ4v) is 7.63. The molecule has 1 aromatic heterocycles. The number of fused-ring (bicyclic) bond motifs is 1. The van der Waals surface area contributed by atoms with Gasteiger partial charge in [-0.3, -0.25) is 19.7 Å². The number of para-hydroxylation sites is 1. The van der Waals surface area contributed by atoms with E-state index < -0.39 is 36.5 Å². The normalized spacial score (nSPS) is 13.7. The number of carbonyl (C=O) groups excluding carboxylic acids is 3. The maximum absolute atomic E-state index is 12.9. The molecule has 2 atom stereocenters. The van der Waals surface area contributed by atoms with Gasteiger partial charge in [0, 0.05) is 75.8 Å². The molecular formula is C51H58F6N6O11. The number of alkyl halides is 6. The number of amides is 3. The first kappa shape index (κ1) is 59.1. The molecule has 23 heteroatoms. The van der Waals surface area contributed by atoms with E-state index in [4.69, 9.17) is 24.5 Å². The average Bonchev–Trinajstić information content (AvgIpc) is 3.34. The van der Waals surface area contributed by atoms with Crippen LogP contribution < -0.4 is 21.5 Å². The summed E-state index contributed by atoms with van der Waals surface area (Å²) in [5.74, 6) is -5.60. The molecule has 17 nitrogen and oxygen atoms in total. The van der Waals surface area contributed by atoms with Crippen molar-refractivity contribution in [1.82, 2.24) is 25.4 Å². The molecule has 400 valence electrons. The van der Waals surface area contributed by atoms with Crippen molar-refractivity contribution in [2.45, 2.75) is 76.1 Å². The summed E-state index contributed by atoms with van der Waals surface area (Å²) in [4.78, 5) is 74.5. The number of aromatic nitrogens is 1. The number of phenolic OH excluding ortho intramolecular Hbond substituents is 1. The highest BCUT2D eigenvalue weighted by Gasteiger charge is 2.39. The number of rotatable bonds is 18. The van der Waals surface area contributed by atoms with Gasteiger partial charge < -0.3 is 50.6 Å². The number of carbonyl (C=O) groups is 5. The molecule has 0 aliphatic carbocycles. The van der Waals surface area contributed by atoms with Crippen LogP contribution in [0.5, 0.6) is 5.75 Å². The van der Waals surface area contributed by atoms with Crippen LogP contribution in [-0.2, 0) is 36.8 Å². The summed E-state index contributed by atoms with van der Waals surface area (Å²) in [6, 6.07) is 31.6. The second-order valence-electron chi connectivity index (χ2n) is 17.2. The van der Waals surface area contributed by atoms with Gasteiger partial charge in [-0.05, 0) is 73.1 Å². The number of hydrogen-bond donors (Lipinski definition) is 8. The monoisotopic (exact) mass is 1040 g/mol. The SMILES string of the molecule is CC(Cc1cccc(CC(=O)NCCCN(C)C(=O)CCN2CCC(OC(=O)Nc3ccccc3-c3ccccc3)CC2)c1)NC[C@H](O)c1ccc(O)c2[nH]c(=O)ccc12.O=C(O)C(F)(F)F.O=C(O)C(F)(F)F. The number of aliphatic hydroxyl groups excluding tert-OH is 1. The van der Waals surface area contributed by atoms with E-state index >= 15 is 0 Å².